The highest BCUT2D eigenvalue weighted by Gasteiger charge is 2.34. The van der Waals surface area contributed by atoms with Gasteiger partial charge in [0, 0.05) is 30.6 Å². The summed E-state index contributed by atoms with van der Waals surface area (Å²) in [5, 5.41) is 10.5. The van der Waals surface area contributed by atoms with E-state index >= 15 is 0 Å². The Morgan fingerprint density at radius 2 is 2.12 bits per heavy atom. The molecule has 0 radical (unpaired) electrons. The van der Waals surface area contributed by atoms with Crippen molar-refractivity contribution >= 4 is 23.5 Å². The van der Waals surface area contributed by atoms with Crippen molar-refractivity contribution in [3.05, 3.63) is 46.9 Å². The lowest BCUT2D eigenvalue weighted by molar-refractivity contribution is -0.119. The molecule has 0 amide bonds. The minimum Gasteiger partial charge on any atom is -0.331 e. The molecule has 0 bridgehead atoms. The molecule has 2 aliphatic rings. The van der Waals surface area contributed by atoms with Crippen LogP contribution < -0.4 is 10.2 Å². The second kappa shape index (κ2) is 8.84. The smallest absolute Gasteiger partial charge is 0.247 e. The molecule has 1 unspecified atom stereocenters. The van der Waals surface area contributed by atoms with Crippen molar-refractivity contribution in [3.8, 4) is 0 Å². The number of hydrogen-bond acceptors (Lipinski definition) is 8. The van der Waals surface area contributed by atoms with Gasteiger partial charge in [-0.25, -0.2) is 9.97 Å². The van der Waals surface area contributed by atoms with Crippen molar-refractivity contribution in [1.82, 2.24) is 30.1 Å². The van der Waals surface area contributed by atoms with Gasteiger partial charge in [-0.2, -0.15) is 14.4 Å². The molecule has 1 aliphatic heterocycles. The van der Waals surface area contributed by atoms with E-state index in [9.17, 15) is 9.18 Å². The summed E-state index contributed by atoms with van der Waals surface area (Å²) in [6, 6.07) is 2.58. The van der Waals surface area contributed by atoms with Crippen molar-refractivity contribution in [1.29, 1.82) is 0 Å². The first-order valence-electron chi connectivity index (χ1n) is 11.5. The maximum Gasteiger partial charge on any atom is 0.247 e. The molecule has 3 aromatic heterocycles. The van der Waals surface area contributed by atoms with Crippen molar-refractivity contribution < 1.29 is 9.18 Å². The van der Waals surface area contributed by atoms with Crippen LogP contribution in [-0.2, 0) is 24.1 Å². The van der Waals surface area contributed by atoms with Crippen LogP contribution in [-0.4, -0.2) is 48.5 Å². The monoisotopic (exact) mass is 450 g/mol. The molecule has 4 heterocycles. The lowest BCUT2D eigenvalue weighted by Crippen LogP contribution is -2.38. The van der Waals surface area contributed by atoms with Crippen LogP contribution in [0.15, 0.2) is 18.3 Å². The molecule has 5 rings (SSSR count). The number of Topliss-reactive ketones (excluding diaryl/α,β-unsaturated/α-hetero) is 1. The molecule has 0 spiro atoms. The lowest BCUT2D eigenvalue weighted by Gasteiger charge is -2.25. The Bertz CT molecular complexity index is 1160. The van der Waals surface area contributed by atoms with Gasteiger partial charge in [0.15, 0.2) is 5.78 Å². The number of aryl methyl sites for hydroxylation is 1. The van der Waals surface area contributed by atoms with E-state index in [0.29, 0.717) is 29.8 Å². The fraction of sp³-hybridized carbons (Fsp3) is 0.478. The van der Waals surface area contributed by atoms with E-state index in [0.717, 1.165) is 49.2 Å². The number of ketones is 1. The fourth-order valence-electron chi connectivity index (χ4n) is 4.52. The third-order valence-electron chi connectivity index (χ3n) is 6.25. The van der Waals surface area contributed by atoms with E-state index < -0.39 is 5.95 Å². The van der Waals surface area contributed by atoms with Gasteiger partial charge in [0.1, 0.15) is 11.6 Å². The maximum atomic E-state index is 13.1. The summed E-state index contributed by atoms with van der Waals surface area (Å²) in [5.41, 5.74) is 2.81. The SMILES string of the molecule is CC(C)c1nc(Nc2nc(N3CCCC3C(=O)Cc3ccc(F)nc3)nc3c2CCC3)n[nH]1. The van der Waals surface area contributed by atoms with Crippen LogP contribution in [0.25, 0.3) is 0 Å². The number of hydrogen-bond donors (Lipinski definition) is 2. The molecule has 1 fully saturated rings. The molecular formula is C23H27FN8O. The van der Waals surface area contributed by atoms with Crippen LogP contribution in [0.5, 0.6) is 0 Å². The number of fused-ring (bicyclic) bond motifs is 1. The predicted molar refractivity (Wildman–Crippen MR) is 121 cm³/mol. The first kappa shape index (κ1) is 21.4. The molecular weight excluding hydrogens is 423 g/mol. The summed E-state index contributed by atoms with van der Waals surface area (Å²) in [5.74, 6) is 2.32. The molecule has 0 saturated carbocycles. The summed E-state index contributed by atoms with van der Waals surface area (Å²) in [7, 11) is 0. The van der Waals surface area contributed by atoms with Crippen LogP contribution in [0.2, 0.25) is 0 Å². The first-order valence-corrected chi connectivity index (χ1v) is 11.5. The molecule has 10 heteroatoms. The Balaban J connectivity index is 1.40. The average molecular weight is 451 g/mol. The second-order valence-electron chi connectivity index (χ2n) is 8.96. The van der Waals surface area contributed by atoms with Crippen molar-refractivity contribution in [2.45, 2.75) is 64.3 Å². The Hall–Kier alpha value is -3.43. The predicted octanol–water partition coefficient (Wildman–Crippen LogP) is 3.27. The zero-order chi connectivity index (χ0) is 22.9. The summed E-state index contributed by atoms with van der Waals surface area (Å²) in [4.78, 5) is 32.9. The van der Waals surface area contributed by atoms with Crippen molar-refractivity contribution in [3.63, 3.8) is 0 Å². The van der Waals surface area contributed by atoms with Crippen LogP contribution in [0, 0.1) is 5.95 Å². The van der Waals surface area contributed by atoms with Gasteiger partial charge in [0.25, 0.3) is 0 Å². The fourth-order valence-corrected chi connectivity index (χ4v) is 4.52. The van der Waals surface area contributed by atoms with Gasteiger partial charge in [-0.1, -0.05) is 19.9 Å². The minimum atomic E-state index is -0.549. The molecule has 1 saturated heterocycles. The van der Waals surface area contributed by atoms with Gasteiger partial charge < -0.3 is 10.2 Å². The Labute approximate surface area is 191 Å². The topological polar surface area (TPSA) is 113 Å². The number of aromatic amines is 1. The number of H-pyrrole nitrogens is 1. The number of pyridine rings is 1. The molecule has 1 atom stereocenters. The number of nitrogens with one attached hydrogen (secondary N) is 2. The first-order chi connectivity index (χ1) is 16.0. The zero-order valence-electron chi connectivity index (χ0n) is 18.8. The van der Waals surface area contributed by atoms with Gasteiger partial charge >= 0.3 is 0 Å². The van der Waals surface area contributed by atoms with E-state index in [1.54, 1.807) is 6.07 Å². The highest BCUT2D eigenvalue weighted by Crippen LogP contribution is 2.32. The Morgan fingerprint density at radius 3 is 2.88 bits per heavy atom. The summed E-state index contributed by atoms with van der Waals surface area (Å²) in [6.45, 7) is 4.82. The third kappa shape index (κ3) is 4.42. The molecule has 9 nitrogen and oxygen atoms in total. The number of aromatic nitrogens is 6. The van der Waals surface area contributed by atoms with Crippen molar-refractivity contribution in [2.24, 2.45) is 0 Å². The number of rotatable bonds is 7. The third-order valence-corrected chi connectivity index (χ3v) is 6.25. The highest BCUT2D eigenvalue weighted by molar-refractivity contribution is 5.89. The number of carbonyl (C=O) groups excluding carboxylic acids is 1. The van der Waals surface area contributed by atoms with Crippen LogP contribution >= 0.6 is 0 Å². The number of nitrogens with zero attached hydrogens (tertiary/aromatic N) is 6. The van der Waals surface area contributed by atoms with E-state index in [1.165, 1.54) is 12.3 Å². The normalized spacial score (nSPS) is 17.6. The standard InChI is InChI=1S/C23H27FN8O/c1-13(2)20-27-22(31-30-20)28-21-15-5-3-6-16(15)26-23(29-21)32-10-4-7-17(32)18(33)11-14-8-9-19(24)25-12-14/h8-9,12-13,17H,3-7,10-11H2,1-2H3,(H2,26,27,28,29,30,31). The minimum absolute atomic E-state index is 0.0649. The van der Waals surface area contributed by atoms with E-state index in [1.807, 2.05) is 4.90 Å². The van der Waals surface area contributed by atoms with Crippen LogP contribution in [0.1, 0.15) is 61.7 Å². The largest absolute Gasteiger partial charge is 0.331 e. The van der Waals surface area contributed by atoms with Crippen LogP contribution in [0.4, 0.5) is 22.1 Å². The van der Waals surface area contributed by atoms with E-state index in [2.05, 4.69) is 39.3 Å². The number of anilines is 3. The molecule has 1 aliphatic carbocycles. The van der Waals surface area contributed by atoms with Gasteiger partial charge in [-0.15, -0.1) is 5.10 Å². The summed E-state index contributed by atoms with van der Waals surface area (Å²) < 4.78 is 13.1. The average Bonchev–Trinajstić information content (AvgIpc) is 3.55. The molecule has 3 aromatic rings. The quantitative estimate of drug-likeness (QED) is 0.528. The Morgan fingerprint density at radius 1 is 1.24 bits per heavy atom. The summed E-state index contributed by atoms with van der Waals surface area (Å²) in [6.07, 6.45) is 6.07. The van der Waals surface area contributed by atoms with E-state index in [-0.39, 0.29) is 24.2 Å². The zero-order valence-corrected chi connectivity index (χ0v) is 18.8. The van der Waals surface area contributed by atoms with Crippen molar-refractivity contribution in [2.75, 3.05) is 16.8 Å². The van der Waals surface area contributed by atoms with E-state index in [4.69, 9.17) is 9.97 Å². The van der Waals surface area contributed by atoms with Gasteiger partial charge in [0.05, 0.1) is 11.7 Å². The molecule has 172 valence electrons. The number of halogens is 1. The molecule has 33 heavy (non-hydrogen) atoms. The summed E-state index contributed by atoms with van der Waals surface area (Å²) >= 11 is 0. The lowest BCUT2D eigenvalue weighted by atomic mass is 10.0. The molecule has 0 aromatic carbocycles. The Kier molecular flexibility index (Phi) is 5.74. The second-order valence-corrected chi connectivity index (χ2v) is 8.96. The highest BCUT2D eigenvalue weighted by atomic mass is 19.1. The number of carbonyl (C=O) groups is 1. The van der Waals surface area contributed by atoms with Gasteiger partial charge in [0.2, 0.25) is 17.8 Å². The maximum absolute atomic E-state index is 13.1. The van der Waals surface area contributed by atoms with Crippen LogP contribution in [0.3, 0.4) is 0 Å². The van der Waals surface area contributed by atoms with Gasteiger partial charge in [-0.3, -0.25) is 9.89 Å². The molecule has 2 N–H and O–H groups in total. The van der Waals surface area contributed by atoms with Gasteiger partial charge in [-0.05, 0) is 43.7 Å².